The van der Waals surface area contributed by atoms with Crippen molar-refractivity contribution in [1.82, 2.24) is 15.3 Å². The van der Waals surface area contributed by atoms with Crippen molar-refractivity contribution >= 4 is 11.9 Å². The topological polar surface area (TPSA) is 58.1 Å². The second-order valence-electron chi connectivity index (χ2n) is 7.58. The first-order valence-electron chi connectivity index (χ1n) is 9.60. The highest BCUT2D eigenvalue weighted by atomic mass is 16.2. The van der Waals surface area contributed by atoms with E-state index in [1.807, 2.05) is 12.1 Å². The number of carbonyl (C=O) groups is 1. The molecule has 0 radical (unpaired) electrons. The minimum Gasteiger partial charge on any atom is -0.356 e. The van der Waals surface area contributed by atoms with E-state index < -0.39 is 0 Å². The van der Waals surface area contributed by atoms with Gasteiger partial charge in [-0.1, -0.05) is 36.8 Å². The normalized spacial score (nSPS) is 20.8. The Morgan fingerprint density at radius 1 is 1.15 bits per heavy atom. The van der Waals surface area contributed by atoms with E-state index in [9.17, 15) is 4.79 Å². The minimum atomic E-state index is 0.0526. The first-order valence-corrected chi connectivity index (χ1v) is 9.60. The second kappa shape index (κ2) is 7.44. The highest BCUT2D eigenvalue weighted by Gasteiger charge is 2.53. The number of hydrogen-bond donors (Lipinski definition) is 1. The van der Waals surface area contributed by atoms with Gasteiger partial charge in [0.15, 0.2) is 0 Å². The Hall–Kier alpha value is -2.43. The molecule has 1 spiro atoms. The Morgan fingerprint density at radius 3 is 2.62 bits per heavy atom. The van der Waals surface area contributed by atoms with Gasteiger partial charge in [0.05, 0.1) is 5.92 Å². The van der Waals surface area contributed by atoms with Crippen LogP contribution in [0, 0.1) is 11.3 Å². The fourth-order valence-electron chi connectivity index (χ4n) is 4.35. The van der Waals surface area contributed by atoms with Crippen molar-refractivity contribution in [2.45, 2.75) is 32.1 Å². The maximum absolute atomic E-state index is 12.9. The van der Waals surface area contributed by atoms with Gasteiger partial charge in [-0.25, -0.2) is 9.97 Å². The molecular weight excluding hydrogens is 324 g/mol. The Labute approximate surface area is 154 Å². The molecule has 1 saturated carbocycles. The lowest BCUT2D eigenvalue weighted by Gasteiger charge is -2.41. The molecule has 2 heterocycles. The fourth-order valence-corrected chi connectivity index (χ4v) is 4.35. The number of aromatic nitrogens is 2. The van der Waals surface area contributed by atoms with Crippen molar-refractivity contribution in [3.63, 3.8) is 0 Å². The summed E-state index contributed by atoms with van der Waals surface area (Å²) in [7, 11) is 0. The Morgan fingerprint density at radius 2 is 1.92 bits per heavy atom. The Bertz CT molecular complexity index is 730. The largest absolute Gasteiger partial charge is 0.356 e. The molecule has 2 aromatic rings. The average Bonchev–Trinajstić information content (AvgIpc) is 3.08. The first-order chi connectivity index (χ1) is 12.8. The summed E-state index contributed by atoms with van der Waals surface area (Å²) in [5.41, 5.74) is 1.45. The number of hydrogen-bond acceptors (Lipinski definition) is 4. The SMILES string of the molecule is O=C(NCCCc1ccccc1)C1CN(c2ncccn2)CC12CCC2. The average molecular weight is 350 g/mol. The summed E-state index contributed by atoms with van der Waals surface area (Å²) in [6.07, 6.45) is 9.01. The lowest BCUT2D eigenvalue weighted by Crippen LogP contribution is -2.45. The van der Waals surface area contributed by atoms with Crippen molar-refractivity contribution in [3.8, 4) is 0 Å². The lowest BCUT2D eigenvalue weighted by atomic mass is 9.62. The van der Waals surface area contributed by atoms with Gasteiger partial charge in [-0.3, -0.25) is 4.79 Å². The van der Waals surface area contributed by atoms with E-state index >= 15 is 0 Å². The van der Waals surface area contributed by atoms with Crippen LogP contribution in [-0.4, -0.2) is 35.5 Å². The van der Waals surface area contributed by atoms with Crippen LogP contribution in [0.2, 0.25) is 0 Å². The molecule has 0 bridgehead atoms. The summed E-state index contributed by atoms with van der Waals surface area (Å²) in [4.78, 5) is 23.8. The molecule has 1 amide bonds. The smallest absolute Gasteiger partial charge is 0.225 e. The van der Waals surface area contributed by atoms with Crippen LogP contribution in [0.1, 0.15) is 31.2 Å². The molecule has 4 rings (SSSR count). The van der Waals surface area contributed by atoms with Crippen molar-refractivity contribution < 1.29 is 4.79 Å². The van der Waals surface area contributed by atoms with E-state index in [2.05, 4.69) is 44.5 Å². The standard InChI is InChI=1S/C21H26N4O/c26-19(22-12-4-9-17-7-2-1-3-8-17)18-15-25(16-21(18)10-5-11-21)20-23-13-6-14-24-20/h1-3,6-8,13-14,18H,4-5,9-12,15-16H2,(H,22,26). The number of carbonyl (C=O) groups excluding carboxylic acids is 1. The van der Waals surface area contributed by atoms with Crippen LogP contribution >= 0.6 is 0 Å². The zero-order valence-electron chi connectivity index (χ0n) is 15.1. The number of anilines is 1. The third-order valence-electron chi connectivity index (χ3n) is 5.93. The maximum atomic E-state index is 12.9. The van der Waals surface area contributed by atoms with E-state index in [1.54, 1.807) is 12.4 Å². The van der Waals surface area contributed by atoms with Gasteiger partial charge in [-0.15, -0.1) is 0 Å². The molecule has 2 aliphatic rings. The summed E-state index contributed by atoms with van der Waals surface area (Å²) in [6, 6.07) is 12.3. The summed E-state index contributed by atoms with van der Waals surface area (Å²) >= 11 is 0. The van der Waals surface area contributed by atoms with E-state index in [4.69, 9.17) is 0 Å². The molecule has 5 nitrogen and oxygen atoms in total. The molecule has 1 unspecified atom stereocenters. The van der Waals surface area contributed by atoms with Crippen LogP contribution in [0.5, 0.6) is 0 Å². The molecule has 1 aliphatic heterocycles. The van der Waals surface area contributed by atoms with Gasteiger partial charge in [-0.2, -0.15) is 0 Å². The van der Waals surface area contributed by atoms with Crippen LogP contribution < -0.4 is 10.2 Å². The summed E-state index contributed by atoms with van der Waals surface area (Å²) in [6.45, 7) is 2.37. The number of benzene rings is 1. The van der Waals surface area contributed by atoms with Crippen molar-refractivity contribution in [3.05, 3.63) is 54.4 Å². The number of nitrogens with zero attached hydrogens (tertiary/aromatic N) is 3. The molecule has 26 heavy (non-hydrogen) atoms. The first kappa shape index (κ1) is 17.0. The van der Waals surface area contributed by atoms with Crippen LogP contribution in [0.25, 0.3) is 0 Å². The molecule has 5 heteroatoms. The van der Waals surface area contributed by atoms with Crippen molar-refractivity contribution in [2.24, 2.45) is 11.3 Å². The third kappa shape index (κ3) is 3.43. The number of amides is 1. The molecule has 1 aromatic carbocycles. The predicted molar refractivity (Wildman–Crippen MR) is 102 cm³/mol. The van der Waals surface area contributed by atoms with E-state index in [0.717, 1.165) is 51.3 Å². The van der Waals surface area contributed by atoms with Crippen LogP contribution in [-0.2, 0) is 11.2 Å². The molecular formula is C21H26N4O. The number of nitrogens with one attached hydrogen (secondary N) is 1. The van der Waals surface area contributed by atoms with Gasteiger partial charge in [-0.05, 0) is 37.3 Å². The zero-order valence-corrected chi connectivity index (χ0v) is 15.1. The Balaban J connectivity index is 1.33. The van der Waals surface area contributed by atoms with Crippen molar-refractivity contribution in [1.29, 1.82) is 0 Å². The van der Waals surface area contributed by atoms with E-state index in [-0.39, 0.29) is 17.2 Å². The van der Waals surface area contributed by atoms with E-state index in [0.29, 0.717) is 0 Å². The molecule has 1 atom stereocenters. The Kier molecular flexibility index (Phi) is 4.87. The molecule has 2 fully saturated rings. The number of rotatable bonds is 6. The van der Waals surface area contributed by atoms with Gasteiger partial charge in [0, 0.05) is 37.4 Å². The minimum absolute atomic E-state index is 0.0526. The summed E-state index contributed by atoms with van der Waals surface area (Å²) < 4.78 is 0. The summed E-state index contributed by atoms with van der Waals surface area (Å²) in [5, 5.41) is 3.18. The third-order valence-corrected chi connectivity index (χ3v) is 5.93. The lowest BCUT2D eigenvalue weighted by molar-refractivity contribution is -0.129. The predicted octanol–water partition coefficient (Wildman–Crippen LogP) is 2.83. The molecule has 1 saturated heterocycles. The zero-order chi connectivity index (χ0) is 17.8. The quantitative estimate of drug-likeness (QED) is 0.814. The van der Waals surface area contributed by atoms with Gasteiger partial charge in [0.2, 0.25) is 11.9 Å². The highest BCUT2D eigenvalue weighted by Crippen LogP contribution is 2.52. The van der Waals surface area contributed by atoms with Gasteiger partial charge in [0.25, 0.3) is 0 Å². The van der Waals surface area contributed by atoms with Gasteiger partial charge >= 0.3 is 0 Å². The monoisotopic (exact) mass is 350 g/mol. The second-order valence-corrected chi connectivity index (χ2v) is 7.58. The summed E-state index contributed by atoms with van der Waals surface area (Å²) in [5.74, 6) is 1.01. The molecule has 136 valence electrons. The van der Waals surface area contributed by atoms with E-state index in [1.165, 1.54) is 12.0 Å². The highest BCUT2D eigenvalue weighted by molar-refractivity contribution is 5.81. The molecule has 1 N–H and O–H groups in total. The van der Waals surface area contributed by atoms with Gasteiger partial charge in [0.1, 0.15) is 0 Å². The van der Waals surface area contributed by atoms with Crippen LogP contribution in [0.15, 0.2) is 48.8 Å². The molecule has 1 aromatic heterocycles. The number of aryl methyl sites for hydroxylation is 1. The molecule has 1 aliphatic carbocycles. The van der Waals surface area contributed by atoms with Crippen LogP contribution in [0.4, 0.5) is 5.95 Å². The van der Waals surface area contributed by atoms with Gasteiger partial charge < -0.3 is 10.2 Å². The fraction of sp³-hybridized carbons (Fsp3) is 0.476. The maximum Gasteiger partial charge on any atom is 0.225 e. The van der Waals surface area contributed by atoms with Crippen LogP contribution in [0.3, 0.4) is 0 Å². The van der Waals surface area contributed by atoms with Crippen molar-refractivity contribution in [2.75, 3.05) is 24.5 Å².